The molecule has 14 heavy (non-hydrogen) atoms. The second kappa shape index (κ2) is 4.04. The van der Waals surface area contributed by atoms with Crippen molar-refractivity contribution in [3.8, 4) is 0 Å². The van der Waals surface area contributed by atoms with Gasteiger partial charge in [-0.1, -0.05) is 24.6 Å². The Hall–Kier alpha value is 1.45. The van der Waals surface area contributed by atoms with Crippen molar-refractivity contribution in [1.82, 2.24) is 0 Å². The summed E-state index contributed by atoms with van der Waals surface area (Å²) >= 11 is 0. The molecule has 0 aromatic rings. The zero-order valence-corrected chi connectivity index (χ0v) is 11.8. The number of rotatable bonds is 4. The van der Waals surface area contributed by atoms with Gasteiger partial charge in [-0.25, -0.2) is 0 Å². The van der Waals surface area contributed by atoms with Crippen LogP contribution >= 0.6 is 0 Å². The zero-order valence-electron chi connectivity index (χ0n) is 8.66. The first-order valence-electron chi connectivity index (χ1n) is 4.62. The first-order chi connectivity index (χ1) is 5.93. The monoisotopic (exact) mass is 232 g/mol. The zero-order chi connectivity index (χ0) is 9.74. The summed E-state index contributed by atoms with van der Waals surface area (Å²) in [6, 6.07) is 0. The fourth-order valence-corrected chi connectivity index (χ4v) is 3.02. The third-order valence-electron chi connectivity index (χ3n) is 3.71. The Morgan fingerprint density at radius 3 is 2.07 bits per heavy atom. The van der Waals surface area contributed by atoms with Gasteiger partial charge in [-0.2, -0.15) is 0 Å². The fraction of sp³-hybridized carbons (Fsp3) is 1.00. The normalized spacial score (nSPS) is 39.4. The van der Waals surface area contributed by atoms with Crippen LogP contribution in [0.15, 0.2) is 0 Å². The van der Waals surface area contributed by atoms with Gasteiger partial charge in [-0.05, 0) is 11.8 Å². The molecule has 3 saturated carbocycles. The van der Waals surface area contributed by atoms with Gasteiger partial charge in [0.15, 0.2) is 0 Å². The minimum atomic E-state index is -4.60. The maximum absolute atomic E-state index is 12.4. The molecule has 3 fully saturated rings. The van der Waals surface area contributed by atoms with E-state index < -0.39 is 12.3 Å². The standard InChI is InChI=1S/C8H13BF3O.K/c1-13-3-2-7-4-8(5-7,6-7)9(10,11)12;/h2-6H2,1H3;/q-1;+1. The van der Waals surface area contributed by atoms with E-state index in [1.54, 1.807) is 7.11 Å². The number of hydrogen-bond donors (Lipinski definition) is 0. The quantitative estimate of drug-likeness (QED) is 0.610. The maximum Gasteiger partial charge on any atom is 1.00 e. The van der Waals surface area contributed by atoms with Gasteiger partial charge in [0.05, 0.1) is 0 Å². The smallest absolute Gasteiger partial charge is 0.449 e. The van der Waals surface area contributed by atoms with Crippen LogP contribution in [0.5, 0.6) is 0 Å². The molecular weight excluding hydrogens is 219 g/mol. The molecule has 2 bridgehead atoms. The van der Waals surface area contributed by atoms with E-state index in [4.69, 9.17) is 4.74 Å². The minimum Gasteiger partial charge on any atom is -0.449 e. The molecule has 0 spiro atoms. The van der Waals surface area contributed by atoms with Crippen molar-refractivity contribution in [2.24, 2.45) is 5.41 Å². The first kappa shape index (κ1) is 13.5. The number of methoxy groups -OCH3 is 1. The molecule has 0 atom stereocenters. The summed E-state index contributed by atoms with van der Waals surface area (Å²) in [5.74, 6) is 0. The molecule has 0 radical (unpaired) electrons. The molecule has 0 aromatic carbocycles. The Labute approximate surface area is 125 Å². The summed E-state index contributed by atoms with van der Waals surface area (Å²) in [6.45, 7) is -4.00. The average Bonchev–Trinajstić information content (AvgIpc) is 1.78. The second-order valence-corrected chi connectivity index (χ2v) is 4.71. The summed E-state index contributed by atoms with van der Waals surface area (Å²) < 4.78 is 42.2. The molecule has 0 aliphatic heterocycles. The maximum atomic E-state index is 12.4. The molecule has 1 nitrogen and oxygen atoms in total. The van der Waals surface area contributed by atoms with E-state index in [2.05, 4.69) is 0 Å². The minimum absolute atomic E-state index is 0. The van der Waals surface area contributed by atoms with Crippen LogP contribution < -0.4 is 51.4 Å². The van der Waals surface area contributed by atoms with Crippen molar-refractivity contribution >= 4 is 6.98 Å². The van der Waals surface area contributed by atoms with Gasteiger partial charge in [-0.15, -0.1) is 0 Å². The van der Waals surface area contributed by atoms with Gasteiger partial charge in [0, 0.05) is 13.7 Å². The van der Waals surface area contributed by atoms with E-state index in [1.165, 1.54) is 0 Å². The molecule has 3 rings (SSSR count). The van der Waals surface area contributed by atoms with Crippen LogP contribution in [0.3, 0.4) is 0 Å². The summed E-state index contributed by atoms with van der Waals surface area (Å²) in [5, 5.41) is -1.23. The van der Waals surface area contributed by atoms with Crippen LogP contribution in [0, 0.1) is 5.41 Å². The van der Waals surface area contributed by atoms with Crippen molar-refractivity contribution < 1.29 is 69.1 Å². The van der Waals surface area contributed by atoms with E-state index in [9.17, 15) is 12.9 Å². The predicted molar refractivity (Wildman–Crippen MR) is 44.5 cm³/mol. The molecule has 0 amide bonds. The number of hydrogen-bond acceptors (Lipinski definition) is 1. The predicted octanol–water partition coefficient (Wildman–Crippen LogP) is -0.201. The molecular formula is C8H13BF3KO. The molecule has 0 saturated heterocycles. The van der Waals surface area contributed by atoms with Crippen LogP contribution in [0.25, 0.3) is 0 Å². The Morgan fingerprint density at radius 2 is 1.71 bits per heavy atom. The molecule has 6 heteroatoms. The van der Waals surface area contributed by atoms with E-state index in [0.717, 1.165) is 6.42 Å². The van der Waals surface area contributed by atoms with Crippen LogP contribution in [0.2, 0.25) is 5.31 Å². The van der Waals surface area contributed by atoms with Crippen molar-refractivity contribution in [2.75, 3.05) is 13.7 Å². The third-order valence-corrected chi connectivity index (χ3v) is 3.71. The Kier molecular flexibility index (Phi) is 3.90. The Morgan fingerprint density at radius 1 is 1.21 bits per heavy atom. The summed E-state index contributed by atoms with van der Waals surface area (Å²) in [5.41, 5.74) is 0.00722. The third kappa shape index (κ3) is 1.86. The van der Waals surface area contributed by atoms with E-state index in [1.807, 2.05) is 0 Å². The summed E-state index contributed by atoms with van der Waals surface area (Å²) in [4.78, 5) is 0. The summed E-state index contributed by atoms with van der Waals surface area (Å²) in [6.07, 6.45) is 1.91. The number of ether oxygens (including phenoxy) is 1. The van der Waals surface area contributed by atoms with Gasteiger partial charge in [0.25, 0.3) is 0 Å². The molecule has 76 valence electrons. The van der Waals surface area contributed by atoms with Crippen LogP contribution in [-0.4, -0.2) is 20.7 Å². The van der Waals surface area contributed by atoms with Crippen molar-refractivity contribution in [3.63, 3.8) is 0 Å². The van der Waals surface area contributed by atoms with Gasteiger partial charge >= 0.3 is 58.4 Å². The molecule has 0 N–H and O–H groups in total. The number of halogens is 3. The molecule has 0 heterocycles. The Balaban J connectivity index is 0.000000980. The Bertz CT molecular complexity index is 211. The second-order valence-electron chi connectivity index (χ2n) is 4.71. The molecule has 3 aliphatic carbocycles. The average molecular weight is 232 g/mol. The van der Waals surface area contributed by atoms with Crippen molar-refractivity contribution in [2.45, 2.75) is 31.0 Å². The molecule has 3 aliphatic rings. The SMILES string of the molecule is COCCC12CC([B-](F)(F)F)(C1)C2.[K+]. The first-order valence-corrected chi connectivity index (χ1v) is 4.62. The van der Waals surface area contributed by atoms with Gasteiger partial charge < -0.3 is 17.7 Å². The topological polar surface area (TPSA) is 9.23 Å². The van der Waals surface area contributed by atoms with Crippen molar-refractivity contribution in [1.29, 1.82) is 0 Å². The molecule has 0 unspecified atom stereocenters. The fourth-order valence-electron chi connectivity index (χ4n) is 3.02. The van der Waals surface area contributed by atoms with Crippen molar-refractivity contribution in [3.05, 3.63) is 0 Å². The van der Waals surface area contributed by atoms with E-state index >= 15 is 0 Å². The van der Waals surface area contributed by atoms with Crippen LogP contribution in [-0.2, 0) is 4.74 Å². The van der Waals surface area contributed by atoms with Gasteiger partial charge in [0.2, 0.25) is 0 Å². The van der Waals surface area contributed by atoms with E-state index in [0.29, 0.717) is 25.9 Å². The van der Waals surface area contributed by atoms with Gasteiger partial charge in [-0.3, -0.25) is 0 Å². The van der Waals surface area contributed by atoms with E-state index in [-0.39, 0.29) is 56.8 Å². The summed E-state index contributed by atoms with van der Waals surface area (Å²) in [7, 11) is 1.59. The largest absolute Gasteiger partial charge is 1.00 e. The van der Waals surface area contributed by atoms with Gasteiger partial charge in [0.1, 0.15) is 0 Å². The molecule has 0 aromatic heterocycles. The van der Waals surface area contributed by atoms with Crippen LogP contribution in [0.4, 0.5) is 12.9 Å². The van der Waals surface area contributed by atoms with Crippen LogP contribution in [0.1, 0.15) is 25.7 Å².